The van der Waals surface area contributed by atoms with Crippen LogP contribution in [0.3, 0.4) is 0 Å². The Bertz CT molecular complexity index is 1170. The Labute approximate surface area is 191 Å². The molecule has 1 fully saturated rings. The SMILES string of the molecule is CCOC(=O)COc1cc(C(=O)Nc2ccc3[nH]c(C)c(C)c3c2)nc(N2CCOCC2)n1. The number of carbonyl (C=O) groups excluding carboxylic acids is 2. The molecule has 3 heterocycles. The molecule has 1 saturated heterocycles. The van der Waals surface area contributed by atoms with Crippen LogP contribution in [0, 0.1) is 13.8 Å². The number of benzene rings is 1. The molecule has 2 aromatic heterocycles. The van der Waals surface area contributed by atoms with Crippen LogP contribution in [0.1, 0.15) is 28.7 Å². The van der Waals surface area contributed by atoms with Crippen LogP contribution in [0.15, 0.2) is 24.3 Å². The van der Waals surface area contributed by atoms with Crippen LogP contribution in [0.5, 0.6) is 5.88 Å². The smallest absolute Gasteiger partial charge is 0.344 e. The maximum atomic E-state index is 13.1. The van der Waals surface area contributed by atoms with E-state index in [2.05, 4.69) is 20.3 Å². The first-order valence-corrected chi connectivity index (χ1v) is 10.8. The minimum Gasteiger partial charge on any atom is -0.466 e. The summed E-state index contributed by atoms with van der Waals surface area (Å²) in [5.41, 5.74) is 4.01. The molecule has 4 rings (SSSR count). The number of anilines is 2. The average molecular weight is 453 g/mol. The molecular weight excluding hydrogens is 426 g/mol. The number of carbonyl (C=O) groups is 2. The number of nitrogens with zero attached hydrogens (tertiary/aromatic N) is 3. The fourth-order valence-electron chi connectivity index (χ4n) is 3.58. The molecule has 0 aliphatic carbocycles. The van der Waals surface area contributed by atoms with E-state index >= 15 is 0 Å². The van der Waals surface area contributed by atoms with Crippen LogP contribution in [-0.4, -0.2) is 66.3 Å². The van der Waals surface area contributed by atoms with E-state index in [0.29, 0.717) is 37.9 Å². The average Bonchev–Trinajstić information content (AvgIpc) is 3.11. The molecular formula is C23H27N5O5. The highest BCUT2D eigenvalue weighted by molar-refractivity contribution is 6.04. The summed E-state index contributed by atoms with van der Waals surface area (Å²) in [7, 11) is 0. The Kier molecular flexibility index (Phi) is 6.74. The highest BCUT2D eigenvalue weighted by Gasteiger charge is 2.20. The zero-order chi connectivity index (χ0) is 23.4. The number of aromatic amines is 1. The summed E-state index contributed by atoms with van der Waals surface area (Å²) in [6, 6.07) is 7.10. The van der Waals surface area contributed by atoms with E-state index in [0.717, 1.165) is 22.2 Å². The standard InChI is InChI=1S/C23H27N5O5/c1-4-32-21(29)13-33-20-12-19(26-23(27-20)28-7-9-31-10-8-28)22(30)25-16-5-6-18-17(11-16)14(2)15(3)24-18/h5-6,11-12,24H,4,7-10,13H2,1-3H3,(H,25,30). The van der Waals surface area contributed by atoms with Crippen molar-refractivity contribution in [3.05, 3.63) is 41.2 Å². The van der Waals surface area contributed by atoms with E-state index in [1.165, 1.54) is 6.07 Å². The van der Waals surface area contributed by atoms with Gasteiger partial charge < -0.3 is 29.4 Å². The topological polar surface area (TPSA) is 119 Å². The molecule has 0 atom stereocenters. The third-order valence-electron chi connectivity index (χ3n) is 5.43. The number of fused-ring (bicyclic) bond motifs is 1. The Morgan fingerprint density at radius 3 is 2.73 bits per heavy atom. The maximum Gasteiger partial charge on any atom is 0.344 e. The second-order valence-corrected chi connectivity index (χ2v) is 7.67. The Balaban J connectivity index is 1.58. The molecule has 174 valence electrons. The van der Waals surface area contributed by atoms with Crippen molar-refractivity contribution >= 4 is 34.4 Å². The third-order valence-corrected chi connectivity index (χ3v) is 5.43. The Hall–Kier alpha value is -3.66. The fourth-order valence-corrected chi connectivity index (χ4v) is 3.58. The molecule has 1 aromatic carbocycles. The van der Waals surface area contributed by atoms with E-state index in [1.54, 1.807) is 6.92 Å². The summed E-state index contributed by atoms with van der Waals surface area (Å²) >= 11 is 0. The third kappa shape index (κ3) is 5.23. The number of rotatable bonds is 7. The Morgan fingerprint density at radius 2 is 1.97 bits per heavy atom. The van der Waals surface area contributed by atoms with Gasteiger partial charge in [0.25, 0.3) is 5.91 Å². The number of aryl methyl sites for hydroxylation is 2. The van der Waals surface area contributed by atoms with E-state index in [4.69, 9.17) is 14.2 Å². The second kappa shape index (κ2) is 9.86. The van der Waals surface area contributed by atoms with Crippen LogP contribution in [-0.2, 0) is 14.3 Å². The first-order chi connectivity index (χ1) is 15.9. The van der Waals surface area contributed by atoms with Gasteiger partial charge in [0, 0.05) is 41.4 Å². The minimum atomic E-state index is -0.513. The van der Waals surface area contributed by atoms with E-state index < -0.39 is 11.9 Å². The molecule has 33 heavy (non-hydrogen) atoms. The molecule has 3 aromatic rings. The van der Waals surface area contributed by atoms with Crippen molar-refractivity contribution in [2.45, 2.75) is 20.8 Å². The van der Waals surface area contributed by atoms with Gasteiger partial charge in [-0.3, -0.25) is 4.79 Å². The molecule has 1 aliphatic rings. The van der Waals surface area contributed by atoms with Crippen molar-refractivity contribution in [3.8, 4) is 5.88 Å². The molecule has 10 heteroatoms. The fraction of sp³-hybridized carbons (Fsp3) is 0.391. The lowest BCUT2D eigenvalue weighted by Crippen LogP contribution is -2.37. The van der Waals surface area contributed by atoms with Gasteiger partial charge in [-0.1, -0.05) is 0 Å². The number of H-pyrrole nitrogens is 1. The second-order valence-electron chi connectivity index (χ2n) is 7.67. The van der Waals surface area contributed by atoms with Crippen molar-refractivity contribution in [3.63, 3.8) is 0 Å². The summed E-state index contributed by atoms with van der Waals surface area (Å²) < 4.78 is 15.8. The van der Waals surface area contributed by atoms with Gasteiger partial charge in [-0.2, -0.15) is 4.98 Å². The van der Waals surface area contributed by atoms with Crippen LogP contribution in [0.25, 0.3) is 10.9 Å². The van der Waals surface area contributed by atoms with Gasteiger partial charge in [0.05, 0.1) is 19.8 Å². The number of amides is 1. The van der Waals surface area contributed by atoms with Crippen LogP contribution >= 0.6 is 0 Å². The highest BCUT2D eigenvalue weighted by Crippen LogP contribution is 2.25. The lowest BCUT2D eigenvalue weighted by Gasteiger charge is -2.27. The predicted octanol–water partition coefficient (Wildman–Crippen LogP) is 2.61. The van der Waals surface area contributed by atoms with Crippen molar-refractivity contribution < 1.29 is 23.8 Å². The van der Waals surface area contributed by atoms with Gasteiger partial charge in [0.15, 0.2) is 6.61 Å². The van der Waals surface area contributed by atoms with E-state index in [1.807, 2.05) is 36.9 Å². The molecule has 1 amide bonds. The van der Waals surface area contributed by atoms with E-state index in [-0.39, 0.29) is 24.8 Å². The lowest BCUT2D eigenvalue weighted by molar-refractivity contribution is -0.145. The largest absolute Gasteiger partial charge is 0.466 e. The van der Waals surface area contributed by atoms with Gasteiger partial charge in [-0.15, -0.1) is 0 Å². The number of ether oxygens (including phenoxy) is 3. The first kappa shape index (κ1) is 22.5. The molecule has 2 N–H and O–H groups in total. The monoisotopic (exact) mass is 453 g/mol. The number of hydrogen-bond acceptors (Lipinski definition) is 8. The Morgan fingerprint density at radius 1 is 1.18 bits per heavy atom. The summed E-state index contributed by atoms with van der Waals surface area (Å²) in [4.78, 5) is 38.8. The predicted molar refractivity (Wildman–Crippen MR) is 123 cm³/mol. The van der Waals surface area contributed by atoms with Crippen LogP contribution in [0.4, 0.5) is 11.6 Å². The summed E-state index contributed by atoms with van der Waals surface area (Å²) in [6.45, 7) is 7.96. The van der Waals surface area contributed by atoms with Crippen LogP contribution < -0.4 is 15.0 Å². The number of nitrogens with one attached hydrogen (secondary N) is 2. The number of morpholine rings is 1. The molecule has 1 aliphatic heterocycles. The van der Waals surface area contributed by atoms with E-state index in [9.17, 15) is 9.59 Å². The highest BCUT2D eigenvalue weighted by atomic mass is 16.6. The normalized spacial score (nSPS) is 13.7. The van der Waals surface area contributed by atoms with Gasteiger partial charge in [-0.05, 0) is 44.5 Å². The molecule has 0 spiro atoms. The van der Waals surface area contributed by atoms with Crippen molar-refractivity contribution in [2.75, 3.05) is 49.7 Å². The van der Waals surface area contributed by atoms with Crippen LogP contribution in [0.2, 0.25) is 0 Å². The van der Waals surface area contributed by atoms with Gasteiger partial charge in [-0.25, -0.2) is 9.78 Å². The zero-order valence-electron chi connectivity index (χ0n) is 18.9. The van der Waals surface area contributed by atoms with Gasteiger partial charge in [0.2, 0.25) is 11.8 Å². The number of aromatic nitrogens is 3. The number of esters is 1. The minimum absolute atomic E-state index is 0.122. The molecule has 0 bridgehead atoms. The van der Waals surface area contributed by atoms with Crippen molar-refractivity contribution in [2.24, 2.45) is 0 Å². The van der Waals surface area contributed by atoms with Crippen molar-refractivity contribution in [1.82, 2.24) is 15.0 Å². The summed E-state index contributed by atoms with van der Waals surface area (Å²) in [6.07, 6.45) is 0. The quantitative estimate of drug-likeness (QED) is 0.524. The molecule has 10 nitrogen and oxygen atoms in total. The number of hydrogen-bond donors (Lipinski definition) is 2. The van der Waals surface area contributed by atoms with Crippen molar-refractivity contribution in [1.29, 1.82) is 0 Å². The molecule has 0 radical (unpaired) electrons. The zero-order valence-corrected chi connectivity index (χ0v) is 18.9. The molecule has 0 unspecified atom stereocenters. The first-order valence-electron chi connectivity index (χ1n) is 10.8. The maximum absolute atomic E-state index is 13.1. The lowest BCUT2D eigenvalue weighted by atomic mass is 10.1. The summed E-state index contributed by atoms with van der Waals surface area (Å²) in [5, 5.41) is 3.94. The summed E-state index contributed by atoms with van der Waals surface area (Å²) in [5.74, 6) is -0.452. The molecule has 0 saturated carbocycles. The van der Waals surface area contributed by atoms with Gasteiger partial charge in [0.1, 0.15) is 5.69 Å². The van der Waals surface area contributed by atoms with Gasteiger partial charge >= 0.3 is 5.97 Å².